The zero-order valence-electron chi connectivity index (χ0n) is 12.7. The van der Waals surface area contributed by atoms with Crippen molar-refractivity contribution in [2.75, 3.05) is 20.1 Å². The number of likely N-dealkylation sites (tertiary alicyclic amines) is 1. The molecule has 0 radical (unpaired) electrons. The monoisotopic (exact) mass is 325 g/mol. The van der Waals surface area contributed by atoms with Gasteiger partial charge in [0.2, 0.25) is 0 Å². The van der Waals surface area contributed by atoms with Gasteiger partial charge in [-0.2, -0.15) is 0 Å². The molecule has 1 fully saturated rings. The van der Waals surface area contributed by atoms with Crippen LogP contribution in [0, 0.1) is 5.92 Å². The summed E-state index contributed by atoms with van der Waals surface area (Å²) in [6.45, 7) is 6.49. The zero-order valence-corrected chi connectivity index (χ0v) is 14.2. The molecule has 3 rings (SSSR count). The Bertz CT molecular complexity index is 650. The van der Waals surface area contributed by atoms with Gasteiger partial charge in [-0.3, -0.25) is 0 Å². The van der Waals surface area contributed by atoms with Crippen LogP contribution in [0.4, 0.5) is 0 Å². The van der Waals surface area contributed by atoms with Crippen molar-refractivity contribution < 1.29 is 0 Å². The van der Waals surface area contributed by atoms with Crippen molar-refractivity contribution in [2.45, 2.75) is 31.7 Å². The Morgan fingerprint density at radius 1 is 1.38 bits per heavy atom. The summed E-state index contributed by atoms with van der Waals surface area (Å²) >= 11 is 12.6. The third kappa shape index (κ3) is 2.79. The van der Waals surface area contributed by atoms with Gasteiger partial charge in [0.25, 0.3) is 0 Å². The van der Waals surface area contributed by atoms with Crippen molar-refractivity contribution in [3.63, 3.8) is 0 Å². The van der Waals surface area contributed by atoms with Gasteiger partial charge in [-0.05, 0) is 51.1 Å². The van der Waals surface area contributed by atoms with E-state index in [4.69, 9.17) is 28.2 Å². The first-order valence-corrected chi connectivity index (χ1v) is 8.29. The summed E-state index contributed by atoms with van der Waals surface area (Å²) in [4.78, 5) is 7.13. The standard InChI is InChI=1S/C16H21Cl2N3/c1-10-9-20(3)7-6-14(10)21-15-8-12(18)4-5-13(15)19-16(21)11(2)17/h4-5,8,10-11,14H,6-7,9H2,1-3H3. The molecular weight excluding hydrogens is 305 g/mol. The second kappa shape index (κ2) is 5.79. The summed E-state index contributed by atoms with van der Waals surface area (Å²) in [7, 11) is 2.18. The molecule has 1 saturated heterocycles. The van der Waals surface area contributed by atoms with E-state index in [0.29, 0.717) is 12.0 Å². The highest BCUT2D eigenvalue weighted by Gasteiger charge is 2.29. The summed E-state index contributed by atoms with van der Waals surface area (Å²) < 4.78 is 2.33. The van der Waals surface area contributed by atoms with Gasteiger partial charge in [-0.1, -0.05) is 18.5 Å². The highest BCUT2D eigenvalue weighted by atomic mass is 35.5. The number of hydrogen-bond acceptors (Lipinski definition) is 2. The van der Waals surface area contributed by atoms with Crippen LogP contribution >= 0.6 is 23.2 Å². The van der Waals surface area contributed by atoms with Gasteiger partial charge in [0.1, 0.15) is 5.82 Å². The number of benzene rings is 1. The SMILES string of the molecule is CC(Cl)c1nc2ccc(Cl)cc2n1C1CCN(C)CC1C. The number of alkyl halides is 1. The highest BCUT2D eigenvalue weighted by Crippen LogP contribution is 2.36. The second-order valence-electron chi connectivity index (χ2n) is 6.18. The number of nitrogens with zero attached hydrogens (tertiary/aromatic N) is 3. The first-order chi connectivity index (χ1) is 9.97. The minimum absolute atomic E-state index is 0.108. The van der Waals surface area contributed by atoms with E-state index in [0.717, 1.165) is 41.4 Å². The average Bonchev–Trinajstić information content (AvgIpc) is 2.77. The molecule has 2 aromatic rings. The number of rotatable bonds is 2. The van der Waals surface area contributed by atoms with Crippen LogP contribution in [-0.2, 0) is 0 Å². The Morgan fingerprint density at radius 3 is 2.81 bits per heavy atom. The topological polar surface area (TPSA) is 21.1 Å². The fraction of sp³-hybridized carbons (Fsp3) is 0.562. The second-order valence-corrected chi connectivity index (χ2v) is 7.28. The Balaban J connectivity index is 2.14. The van der Waals surface area contributed by atoms with E-state index in [1.165, 1.54) is 0 Å². The van der Waals surface area contributed by atoms with Crippen LogP contribution in [0.3, 0.4) is 0 Å². The Kier molecular flexibility index (Phi) is 4.17. The van der Waals surface area contributed by atoms with Gasteiger partial charge < -0.3 is 9.47 Å². The quantitative estimate of drug-likeness (QED) is 0.758. The number of imidazole rings is 1. The lowest BCUT2D eigenvalue weighted by atomic mass is 9.93. The summed E-state index contributed by atoms with van der Waals surface area (Å²) in [5.41, 5.74) is 2.08. The van der Waals surface area contributed by atoms with Gasteiger partial charge in [0.15, 0.2) is 0 Å². The van der Waals surface area contributed by atoms with Crippen molar-refractivity contribution in [3.8, 4) is 0 Å². The maximum absolute atomic E-state index is 6.39. The van der Waals surface area contributed by atoms with E-state index in [1.807, 2.05) is 25.1 Å². The van der Waals surface area contributed by atoms with Crippen LogP contribution in [0.2, 0.25) is 5.02 Å². The number of halogens is 2. The van der Waals surface area contributed by atoms with Crippen LogP contribution in [0.5, 0.6) is 0 Å². The molecule has 0 amide bonds. The minimum Gasteiger partial charge on any atom is -0.323 e. The Labute approximate surface area is 135 Å². The lowest BCUT2D eigenvalue weighted by molar-refractivity contribution is 0.159. The number of piperidine rings is 1. The molecule has 0 bridgehead atoms. The molecule has 1 aliphatic heterocycles. The summed E-state index contributed by atoms with van der Waals surface area (Å²) in [6, 6.07) is 6.32. The molecule has 3 nitrogen and oxygen atoms in total. The molecule has 5 heteroatoms. The first-order valence-electron chi connectivity index (χ1n) is 7.47. The summed E-state index contributed by atoms with van der Waals surface area (Å²) in [6.07, 6.45) is 1.12. The molecule has 0 aliphatic carbocycles. The molecule has 114 valence electrons. The van der Waals surface area contributed by atoms with E-state index in [9.17, 15) is 0 Å². The van der Waals surface area contributed by atoms with Crippen molar-refractivity contribution in [3.05, 3.63) is 29.0 Å². The summed E-state index contributed by atoms with van der Waals surface area (Å²) in [5.74, 6) is 1.52. The molecule has 3 atom stereocenters. The van der Waals surface area contributed by atoms with Crippen molar-refractivity contribution >= 4 is 34.2 Å². The van der Waals surface area contributed by atoms with Crippen molar-refractivity contribution in [2.24, 2.45) is 5.92 Å². The van der Waals surface area contributed by atoms with Gasteiger partial charge in [-0.25, -0.2) is 4.98 Å². The predicted octanol–water partition coefficient (Wildman–Crippen LogP) is 4.50. The largest absolute Gasteiger partial charge is 0.323 e. The van der Waals surface area contributed by atoms with Crippen LogP contribution in [0.25, 0.3) is 11.0 Å². The Morgan fingerprint density at radius 2 is 2.14 bits per heavy atom. The minimum atomic E-state index is -0.108. The van der Waals surface area contributed by atoms with Crippen LogP contribution < -0.4 is 0 Å². The smallest absolute Gasteiger partial charge is 0.127 e. The molecule has 0 saturated carbocycles. The summed E-state index contributed by atoms with van der Waals surface area (Å²) in [5, 5.41) is 0.640. The third-order valence-electron chi connectivity index (χ3n) is 4.43. The van der Waals surface area contributed by atoms with Gasteiger partial charge in [-0.15, -0.1) is 11.6 Å². The van der Waals surface area contributed by atoms with Gasteiger partial charge >= 0.3 is 0 Å². The lowest BCUT2D eigenvalue weighted by Crippen LogP contribution is -2.38. The number of fused-ring (bicyclic) bond motifs is 1. The number of aromatic nitrogens is 2. The van der Waals surface area contributed by atoms with E-state index < -0.39 is 0 Å². The maximum atomic E-state index is 6.39. The van der Waals surface area contributed by atoms with Crippen LogP contribution in [0.1, 0.15) is 37.5 Å². The predicted molar refractivity (Wildman–Crippen MR) is 89.3 cm³/mol. The molecule has 1 aromatic carbocycles. The molecule has 1 aromatic heterocycles. The highest BCUT2D eigenvalue weighted by molar-refractivity contribution is 6.31. The lowest BCUT2D eigenvalue weighted by Gasteiger charge is -2.36. The van der Waals surface area contributed by atoms with E-state index in [1.54, 1.807) is 0 Å². The zero-order chi connectivity index (χ0) is 15.1. The van der Waals surface area contributed by atoms with E-state index in [-0.39, 0.29) is 5.38 Å². The number of hydrogen-bond donors (Lipinski definition) is 0. The van der Waals surface area contributed by atoms with Crippen LogP contribution in [-0.4, -0.2) is 34.6 Å². The van der Waals surface area contributed by atoms with Gasteiger partial charge in [0, 0.05) is 17.6 Å². The fourth-order valence-electron chi connectivity index (χ4n) is 3.44. The molecule has 2 heterocycles. The molecule has 0 N–H and O–H groups in total. The average molecular weight is 326 g/mol. The Hall–Kier alpha value is -0.770. The molecule has 1 aliphatic rings. The molecular formula is C16H21Cl2N3. The van der Waals surface area contributed by atoms with Crippen molar-refractivity contribution in [1.82, 2.24) is 14.5 Å². The van der Waals surface area contributed by atoms with Gasteiger partial charge in [0.05, 0.1) is 16.4 Å². The third-order valence-corrected chi connectivity index (χ3v) is 4.86. The van der Waals surface area contributed by atoms with Crippen LogP contribution in [0.15, 0.2) is 18.2 Å². The normalized spacial score (nSPS) is 25.4. The maximum Gasteiger partial charge on any atom is 0.127 e. The molecule has 21 heavy (non-hydrogen) atoms. The van der Waals surface area contributed by atoms with E-state index >= 15 is 0 Å². The van der Waals surface area contributed by atoms with E-state index in [2.05, 4.69) is 23.4 Å². The first kappa shape index (κ1) is 15.1. The molecule has 0 spiro atoms. The van der Waals surface area contributed by atoms with Crippen molar-refractivity contribution in [1.29, 1.82) is 0 Å². The fourth-order valence-corrected chi connectivity index (χ4v) is 3.76. The molecule has 3 unspecified atom stereocenters.